The molecule has 4 rings (SSSR count). The average Bonchev–Trinajstić information content (AvgIpc) is 2.94. The first-order chi connectivity index (χ1) is 10.6. The molecule has 0 radical (unpaired) electrons. The van der Waals surface area contributed by atoms with E-state index in [1.165, 1.54) is 10.1 Å². The molecule has 2 heterocycles. The number of rotatable bonds is 1. The van der Waals surface area contributed by atoms with E-state index in [9.17, 15) is 4.79 Å². The summed E-state index contributed by atoms with van der Waals surface area (Å²) in [5, 5.41) is 3.64. The molecule has 4 aromatic rings. The molecule has 22 heavy (non-hydrogen) atoms. The first-order valence-corrected chi connectivity index (χ1v) is 7.08. The summed E-state index contributed by atoms with van der Waals surface area (Å²) in [6.07, 6.45) is 0. The van der Waals surface area contributed by atoms with Gasteiger partial charge >= 0.3 is 0 Å². The Labute approximate surface area is 126 Å². The predicted molar refractivity (Wildman–Crippen MR) is 86.0 cm³/mol. The molecule has 0 fully saturated rings. The van der Waals surface area contributed by atoms with Crippen LogP contribution in [0.15, 0.2) is 47.3 Å². The highest BCUT2D eigenvalue weighted by Crippen LogP contribution is 2.18. The van der Waals surface area contributed by atoms with Gasteiger partial charge in [-0.3, -0.25) is 9.89 Å². The van der Waals surface area contributed by atoms with Crippen molar-refractivity contribution in [2.45, 2.75) is 13.8 Å². The number of nitrogens with one attached hydrogen (secondary N) is 1. The van der Waals surface area contributed by atoms with E-state index in [2.05, 4.69) is 15.1 Å². The van der Waals surface area contributed by atoms with Crippen LogP contribution in [0.1, 0.15) is 11.1 Å². The Morgan fingerprint density at radius 2 is 1.77 bits per heavy atom. The molecular weight excluding hydrogens is 276 g/mol. The summed E-state index contributed by atoms with van der Waals surface area (Å²) in [7, 11) is 0. The molecule has 2 aromatic carbocycles. The zero-order valence-corrected chi connectivity index (χ0v) is 12.3. The lowest BCUT2D eigenvalue weighted by Crippen LogP contribution is -2.15. The summed E-state index contributed by atoms with van der Waals surface area (Å²) in [6, 6.07) is 13.6. The lowest BCUT2D eigenvalue weighted by atomic mass is 10.1. The van der Waals surface area contributed by atoms with Crippen LogP contribution in [0.25, 0.3) is 28.1 Å². The molecular formula is C17H14N4O. The maximum Gasteiger partial charge on any atom is 0.281 e. The molecule has 0 bridgehead atoms. The number of fused-ring (bicyclic) bond motifs is 2. The molecule has 0 aliphatic carbocycles. The van der Waals surface area contributed by atoms with Gasteiger partial charge in [0.2, 0.25) is 0 Å². The standard InChI is InChI=1S/C17H14N4O/c1-10-6-8-12(9-7-10)15-19-17-18-14-11(2)4-3-5-13(14)16(22)21(17)20-15/h3-9H,1-2H3,(H,18,19,20). The van der Waals surface area contributed by atoms with Gasteiger partial charge in [0.1, 0.15) is 0 Å². The van der Waals surface area contributed by atoms with Gasteiger partial charge in [-0.15, -0.1) is 0 Å². The van der Waals surface area contributed by atoms with Gasteiger partial charge in [-0.1, -0.05) is 42.0 Å². The number of aryl methyl sites for hydroxylation is 2. The van der Waals surface area contributed by atoms with E-state index in [-0.39, 0.29) is 5.56 Å². The van der Waals surface area contributed by atoms with Gasteiger partial charge in [0, 0.05) is 5.56 Å². The maximum atomic E-state index is 12.6. The highest BCUT2D eigenvalue weighted by Gasteiger charge is 2.12. The molecule has 0 aliphatic heterocycles. The zero-order chi connectivity index (χ0) is 15.3. The van der Waals surface area contributed by atoms with Crippen LogP contribution in [0, 0.1) is 13.8 Å². The Balaban J connectivity index is 2.03. The second-order valence-electron chi connectivity index (χ2n) is 5.46. The fraction of sp³-hybridized carbons (Fsp3) is 0.118. The molecule has 108 valence electrons. The molecule has 0 atom stereocenters. The zero-order valence-electron chi connectivity index (χ0n) is 12.3. The molecule has 0 aliphatic rings. The van der Waals surface area contributed by atoms with Crippen molar-refractivity contribution in [3.8, 4) is 11.4 Å². The average molecular weight is 290 g/mol. The monoisotopic (exact) mass is 290 g/mol. The van der Waals surface area contributed by atoms with Crippen molar-refractivity contribution in [3.05, 3.63) is 63.9 Å². The SMILES string of the molecule is Cc1ccc(-c2nc3nc4c(C)cccc4c(=O)n3[nH]2)cc1. The minimum absolute atomic E-state index is 0.130. The Bertz CT molecular complexity index is 1060. The van der Waals surface area contributed by atoms with Crippen molar-refractivity contribution in [1.29, 1.82) is 0 Å². The summed E-state index contributed by atoms with van der Waals surface area (Å²) < 4.78 is 1.40. The largest absolute Gasteiger partial charge is 0.281 e. The first-order valence-electron chi connectivity index (χ1n) is 7.08. The van der Waals surface area contributed by atoms with Crippen LogP contribution < -0.4 is 5.56 Å². The van der Waals surface area contributed by atoms with E-state index in [1.54, 1.807) is 6.07 Å². The van der Waals surface area contributed by atoms with Gasteiger partial charge < -0.3 is 0 Å². The predicted octanol–water partition coefficient (Wildman–Crippen LogP) is 2.85. The van der Waals surface area contributed by atoms with Gasteiger partial charge in [0.15, 0.2) is 5.82 Å². The minimum Gasteiger partial charge on any atom is -0.271 e. The fourth-order valence-electron chi connectivity index (χ4n) is 2.59. The number of nitrogens with zero attached hydrogens (tertiary/aromatic N) is 3. The molecule has 5 nitrogen and oxygen atoms in total. The van der Waals surface area contributed by atoms with Crippen molar-refractivity contribution in [1.82, 2.24) is 19.6 Å². The quantitative estimate of drug-likeness (QED) is 0.586. The minimum atomic E-state index is -0.130. The van der Waals surface area contributed by atoms with Gasteiger partial charge in [-0.05, 0) is 25.5 Å². The Morgan fingerprint density at radius 3 is 2.55 bits per heavy atom. The molecule has 1 N–H and O–H groups in total. The third kappa shape index (κ3) is 1.83. The number of aromatic nitrogens is 4. The molecule has 5 heteroatoms. The second-order valence-corrected chi connectivity index (χ2v) is 5.46. The fourth-order valence-corrected chi connectivity index (χ4v) is 2.59. The number of para-hydroxylation sites is 1. The van der Waals surface area contributed by atoms with Gasteiger partial charge in [-0.25, -0.2) is 4.98 Å². The third-order valence-corrected chi connectivity index (χ3v) is 3.84. The lowest BCUT2D eigenvalue weighted by Gasteiger charge is -2.00. The van der Waals surface area contributed by atoms with E-state index in [0.29, 0.717) is 22.5 Å². The smallest absolute Gasteiger partial charge is 0.271 e. The number of benzene rings is 2. The van der Waals surface area contributed by atoms with E-state index in [4.69, 9.17) is 0 Å². The molecule has 0 unspecified atom stereocenters. The topological polar surface area (TPSA) is 63.1 Å². The van der Waals surface area contributed by atoms with Crippen molar-refractivity contribution in [2.24, 2.45) is 0 Å². The van der Waals surface area contributed by atoms with Crippen molar-refractivity contribution >= 4 is 16.7 Å². The van der Waals surface area contributed by atoms with Crippen molar-refractivity contribution in [2.75, 3.05) is 0 Å². The van der Waals surface area contributed by atoms with Crippen molar-refractivity contribution < 1.29 is 0 Å². The molecule has 2 aromatic heterocycles. The van der Waals surface area contributed by atoms with Crippen molar-refractivity contribution in [3.63, 3.8) is 0 Å². The summed E-state index contributed by atoms with van der Waals surface area (Å²) in [6.45, 7) is 3.97. The van der Waals surface area contributed by atoms with Crippen LogP contribution in [0.5, 0.6) is 0 Å². The normalized spacial score (nSPS) is 11.4. The number of hydrogen-bond donors (Lipinski definition) is 1. The molecule has 0 saturated carbocycles. The summed E-state index contributed by atoms with van der Waals surface area (Å²) in [4.78, 5) is 21.6. The van der Waals surface area contributed by atoms with Crippen LogP contribution in [-0.2, 0) is 0 Å². The molecule has 0 spiro atoms. The number of aromatic amines is 1. The van der Waals surface area contributed by atoms with Crippen LogP contribution in [0.4, 0.5) is 0 Å². The highest BCUT2D eigenvalue weighted by atomic mass is 16.1. The van der Waals surface area contributed by atoms with Crippen LogP contribution in [-0.4, -0.2) is 19.6 Å². The molecule has 0 amide bonds. The third-order valence-electron chi connectivity index (χ3n) is 3.84. The lowest BCUT2D eigenvalue weighted by molar-refractivity contribution is 0.918. The first kappa shape index (κ1) is 12.8. The van der Waals surface area contributed by atoms with E-state index < -0.39 is 0 Å². The van der Waals surface area contributed by atoms with Crippen LogP contribution in [0.3, 0.4) is 0 Å². The number of H-pyrrole nitrogens is 1. The maximum absolute atomic E-state index is 12.6. The van der Waals surface area contributed by atoms with Gasteiger partial charge in [0.25, 0.3) is 11.3 Å². The van der Waals surface area contributed by atoms with E-state index in [1.807, 2.05) is 50.2 Å². The Morgan fingerprint density at radius 1 is 1.00 bits per heavy atom. The van der Waals surface area contributed by atoms with Crippen LogP contribution in [0.2, 0.25) is 0 Å². The summed E-state index contributed by atoms with van der Waals surface area (Å²) in [5.41, 5.74) is 3.65. The summed E-state index contributed by atoms with van der Waals surface area (Å²) in [5.74, 6) is 1.03. The summed E-state index contributed by atoms with van der Waals surface area (Å²) >= 11 is 0. The second kappa shape index (κ2) is 4.53. The van der Waals surface area contributed by atoms with E-state index in [0.717, 1.165) is 11.1 Å². The highest BCUT2D eigenvalue weighted by molar-refractivity contribution is 5.82. The van der Waals surface area contributed by atoms with Crippen LogP contribution >= 0.6 is 0 Å². The molecule has 0 saturated heterocycles. The Kier molecular flexibility index (Phi) is 2.63. The number of hydrogen-bond acceptors (Lipinski definition) is 3. The Hall–Kier alpha value is -2.95. The van der Waals surface area contributed by atoms with E-state index >= 15 is 0 Å². The van der Waals surface area contributed by atoms with Gasteiger partial charge in [0.05, 0.1) is 10.9 Å². The van der Waals surface area contributed by atoms with Gasteiger partial charge in [-0.2, -0.15) is 9.50 Å².